The molecule has 0 fully saturated rings. The van der Waals surface area contributed by atoms with Gasteiger partial charge in [-0.15, -0.1) is 0 Å². The van der Waals surface area contributed by atoms with Gasteiger partial charge in [-0.25, -0.2) is 9.59 Å². The number of aromatic nitrogens is 2. The Morgan fingerprint density at radius 2 is 0.981 bits per heavy atom. The molecule has 0 bridgehead atoms. The maximum absolute atomic E-state index is 12.2. The van der Waals surface area contributed by atoms with Crippen LogP contribution in [0.2, 0.25) is 10.0 Å². The van der Waals surface area contributed by atoms with Crippen LogP contribution in [0.15, 0.2) is 109 Å². The van der Waals surface area contributed by atoms with Gasteiger partial charge in [0.2, 0.25) is 0 Å². The molecule has 2 unspecified atom stereocenters. The highest BCUT2D eigenvalue weighted by atomic mass is 127. The van der Waals surface area contributed by atoms with Crippen molar-refractivity contribution in [2.75, 3.05) is 13.1 Å². The van der Waals surface area contributed by atoms with E-state index in [1.54, 1.807) is 102 Å². The molecule has 1 heterocycles. The summed E-state index contributed by atoms with van der Waals surface area (Å²) in [4.78, 5) is 24.2. The van der Waals surface area contributed by atoms with Crippen LogP contribution >= 0.6 is 45.8 Å². The highest BCUT2D eigenvalue weighted by Gasteiger charge is 2.34. The van der Waals surface area contributed by atoms with Crippen molar-refractivity contribution in [2.24, 2.45) is 0 Å². The lowest BCUT2D eigenvalue weighted by Gasteiger charge is -2.30. The number of hydrogen-bond acceptors (Lipinski definition) is 7. The molecule has 0 aliphatic rings. The number of benzene rings is 4. The van der Waals surface area contributed by atoms with Gasteiger partial charge in [0.1, 0.15) is 22.4 Å². The number of amides is 2. The maximum Gasteiger partial charge on any atom is 0.407 e. The van der Waals surface area contributed by atoms with Gasteiger partial charge < -0.3 is 30.3 Å². The molecule has 4 aromatic carbocycles. The maximum atomic E-state index is 12.2. The zero-order valence-corrected chi connectivity index (χ0v) is 34.6. The normalized spacial score (nSPS) is 13.7. The summed E-state index contributed by atoms with van der Waals surface area (Å²) in [5.74, 6) is 0. The number of halogens is 3. The van der Waals surface area contributed by atoms with E-state index in [4.69, 9.17) is 32.7 Å². The number of nitrogens with zero attached hydrogens (tertiary/aromatic N) is 1. The Balaban J connectivity index is 0.000000244. The molecule has 0 saturated carbocycles. The minimum atomic E-state index is -1.46. The number of aromatic amines is 1. The van der Waals surface area contributed by atoms with Gasteiger partial charge in [-0.05, 0) is 128 Å². The van der Waals surface area contributed by atoms with Crippen LogP contribution in [0, 0.1) is 3.57 Å². The number of H-pyrrole nitrogens is 1. The van der Waals surface area contributed by atoms with Gasteiger partial charge in [-0.2, -0.15) is 5.10 Å². The lowest BCUT2D eigenvalue weighted by atomic mass is 9.85. The van der Waals surface area contributed by atoms with Gasteiger partial charge in [0.25, 0.3) is 0 Å². The summed E-state index contributed by atoms with van der Waals surface area (Å²) in [5.41, 5.74) is 0.347. The minimum absolute atomic E-state index is 0.0237. The average molecular weight is 888 g/mol. The Labute approximate surface area is 339 Å². The van der Waals surface area contributed by atoms with Crippen molar-refractivity contribution in [1.82, 2.24) is 20.8 Å². The Bertz CT molecular complexity index is 1920. The molecule has 0 spiro atoms. The number of carbonyl (C=O) groups is 2. The van der Waals surface area contributed by atoms with Gasteiger partial charge in [0.05, 0.1) is 19.3 Å². The zero-order valence-electron chi connectivity index (χ0n) is 30.9. The third-order valence-corrected chi connectivity index (χ3v) is 9.16. The minimum Gasteiger partial charge on any atom is -0.444 e. The molecule has 54 heavy (non-hydrogen) atoms. The number of alkyl carbamates (subject to hydrolysis) is 2. The van der Waals surface area contributed by atoms with E-state index in [0.29, 0.717) is 32.3 Å². The van der Waals surface area contributed by atoms with Gasteiger partial charge in [0, 0.05) is 25.4 Å². The van der Waals surface area contributed by atoms with Crippen molar-refractivity contribution in [3.63, 3.8) is 0 Å². The number of aliphatic hydroxyl groups is 2. The molecular formula is C41H45Cl2IN4O6. The van der Waals surface area contributed by atoms with Gasteiger partial charge in [0.15, 0.2) is 0 Å². The Morgan fingerprint density at radius 1 is 0.630 bits per heavy atom. The smallest absolute Gasteiger partial charge is 0.407 e. The Morgan fingerprint density at radius 3 is 1.31 bits per heavy atom. The van der Waals surface area contributed by atoms with Crippen LogP contribution < -0.4 is 10.6 Å². The third-order valence-electron chi connectivity index (χ3n) is 7.93. The lowest BCUT2D eigenvalue weighted by Crippen LogP contribution is -2.43. The molecule has 2 amide bonds. The first-order valence-electron chi connectivity index (χ1n) is 17.0. The first-order chi connectivity index (χ1) is 25.3. The standard InChI is InChI=1S/C22H24ClN3O3.C19H21ClINO3/c1-21(2,3)29-20(27)24-14-22(28,18-8-10-19(23)11-9-18)17-6-4-15(5-7-17)16-12-25-26-13-16;1-18(2,3)25-17(23)22-12-19(24,13-4-8-15(20)9-5-13)14-6-10-16(21)11-7-14/h4-13,28H,14H2,1-3H3,(H,24,27)(H,25,26);4-11,24H,12H2,1-3H3,(H,22,23). The van der Waals surface area contributed by atoms with Gasteiger partial charge >= 0.3 is 12.2 Å². The van der Waals surface area contributed by atoms with Gasteiger partial charge in [-0.1, -0.05) is 83.9 Å². The second-order valence-corrected chi connectivity index (χ2v) is 16.6. The van der Waals surface area contributed by atoms with E-state index >= 15 is 0 Å². The molecule has 0 aliphatic heterocycles. The molecule has 0 radical (unpaired) electrons. The highest BCUT2D eigenvalue weighted by Crippen LogP contribution is 2.33. The van der Waals surface area contributed by atoms with E-state index < -0.39 is 34.6 Å². The van der Waals surface area contributed by atoms with E-state index in [1.165, 1.54) is 0 Å². The summed E-state index contributed by atoms with van der Waals surface area (Å²) in [6.45, 7) is 10.6. The van der Waals surface area contributed by atoms with Crippen LogP contribution in [0.4, 0.5) is 9.59 Å². The fraction of sp³-hybridized carbons (Fsp3) is 0.293. The quantitative estimate of drug-likeness (QED) is 0.0929. The molecule has 0 aliphatic carbocycles. The summed E-state index contributed by atoms with van der Waals surface area (Å²) in [6, 6.07) is 28.7. The number of carbonyl (C=O) groups excluding carboxylic acids is 2. The van der Waals surface area contributed by atoms with Crippen LogP contribution in [0.5, 0.6) is 0 Å². The number of hydrogen-bond donors (Lipinski definition) is 5. The van der Waals surface area contributed by atoms with Crippen LogP contribution in [0.3, 0.4) is 0 Å². The third kappa shape index (κ3) is 12.2. The summed E-state index contributed by atoms with van der Waals surface area (Å²) in [6.07, 6.45) is 2.35. The van der Waals surface area contributed by atoms with Crippen molar-refractivity contribution in [2.45, 2.75) is 63.9 Å². The molecule has 2 atom stereocenters. The van der Waals surface area contributed by atoms with Crippen molar-refractivity contribution in [3.8, 4) is 11.1 Å². The molecule has 0 saturated heterocycles. The molecule has 13 heteroatoms. The Hall–Kier alpha value is -4.14. The van der Waals surface area contributed by atoms with Crippen LogP contribution in [-0.2, 0) is 20.7 Å². The van der Waals surface area contributed by atoms with E-state index in [1.807, 2.05) is 48.5 Å². The average Bonchev–Trinajstić information content (AvgIpc) is 3.65. The molecule has 286 valence electrons. The molecule has 10 nitrogen and oxygen atoms in total. The molecule has 5 rings (SSSR count). The first-order valence-corrected chi connectivity index (χ1v) is 18.9. The van der Waals surface area contributed by atoms with Crippen molar-refractivity contribution in [3.05, 3.63) is 145 Å². The zero-order chi connectivity index (χ0) is 39.7. The summed E-state index contributed by atoms with van der Waals surface area (Å²) in [7, 11) is 0. The fourth-order valence-corrected chi connectivity index (χ4v) is 5.91. The van der Waals surface area contributed by atoms with E-state index in [0.717, 1.165) is 14.7 Å². The predicted molar refractivity (Wildman–Crippen MR) is 221 cm³/mol. The molecule has 5 N–H and O–H groups in total. The van der Waals surface area contributed by atoms with Crippen LogP contribution in [-0.4, -0.2) is 56.9 Å². The second-order valence-electron chi connectivity index (χ2n) is 14.5. The number of rotatable bonds is 9. The molecular weight excluding hydrogens is 842 g/mol. The lowest BCUT2D eigenvalue weighted by molar-refractivity contribution is 0.0388. The van der Waals surface area contributed by atoms with E-state index in [9.17, 15) is 19.8 Å². The monoisotopic (exact) mass is 886 g/mol. The van der Waals surface area contributed by atoms with Crippen molar-refractivity contribution < 1.29 is 29.3 Å². The Kier molecular flexibility index (Phi) is 14.2. The topological polar surface area (TPSA) is 146 Å². The van der Waals surface area contributed by atoms with Crippen molar-refractivity contribution >= 4 is 58.0 Å². The number of nitrogens with one attached hydrogen (secondary N) is 3. The van der Waals surface area contributed by atoms with Crippen LogP contribution in [0.25, 0.3) is 11.1 Å². The fourth-order valence-electron chi connectivity index (χ4n) is 5.29. The number of ether oxygens (including phenoxy) is 2. The van der Waals surface area contributed by atoms with Crippen molar-refractivity contribution in [1.29, 1.82) is 0 Å². The SMILES string of the molecule is CC(C)(C)OC(=O)NCC(O)(c1ccc(Cl)cc1)c1ccc(-c2cn[nH]c2)cc1.CC(C)(C)OC(=O)NCC(O)(c1ccc(Cl)cc1)c1ccc(I)cc1. The first kappa shape index (κ1) is 42.6. The van der Waals surface area contributed by atoms with Crippen LogP contribution in [0.1, 0.15) is 63.8 Å². The summed E-state index contributed by atoms with van der Waals surface area (Å²) >= 11 is 14.2. The summed E-state index contributed by atoms with van der Waals surface area (Å²) < 4.78 is 11.6. The second kappa shape index (κ2) is 18.0. The predicted octanol–water partition coefficient (Wildman–Crippen LogP) is 9.20. The molecule has 5 aromatic rings. The van der Waals surface area contributed by atoms with Gasteiger partial charge in [-0.3, -0.25) is 5.10 Å². The largest absolute Gasteiger partial charge is 0.444 e. The molecule has 1 aromatic heterocycles. The van der Waals surface area contributed by atoms with E-state index in [-0.39, 0.29) is 13.1 Å². The highest BCUT2D eigenvalue weighted by molar-refractivity contribution is 14.1. The van der Waals surface area contributed by atoms with E-state index in [2.05, 4.69) is 43.4 Å². The summed E-state index contributed by atoms with van der Waals surface area (Å²) in [5, 5.41) is 36.2.